The number of aliphatic carboxylic acids is 1. The number of carboxylic acids is 1. The van der Waals surface area contributed by atoms with Crippen LogP contribution in [0.25, 0.3) is 0 Å². The quantitative estimate of drug-likeness (QED) is 0.550. The van der Waals surface area contributed by atoms with E-state index in [1.807, 2.05) is 49.4 Å². The van der Waals surface area contributed by atoms with Gasteiger partial charge in [-0.2, -0.15) is 0 Å². The molecule has 0 atom stereocenters. The second kappa shape index (κ2) is 11.6. The van der Waals surface area contributed by atoms with Gasteiger partial charge in [0.05, 0.1) is 12.0 Å². The maximum Gasteiger partial charge on any atom is 0.307 e. The molecule has 1 saturated heterocycles. The SMILES string of the molecule is C/C=C\CC/C=C/CC(=O)O.OC1(c2ccccc2)CCNCC1. The number of aliphatic hydroxyl groups is 1. The minimum Gasteiger partial charge on any atom is -0.481 e. The van der Waals surface area contributed by atoms with Gasteiger partial charge in [-0.25, -0.2) is 0 Å². The van der Waals surface area contributed by atoms with E-state index < -0.39 is 11.6 Å². The fraction of sp³-hybridized carbons (Fsp3) is 0.450. The monoisotopic (exact) mass is 331 g/mol. The summed E-state index contributed by atoms with van der Waals surface area (Å²) in [4.78, 5) is 10.0. The highest BCUT2D eigenvalue weighted by Gasteiger charge is 2.30. The molecule has 132 valence electrons. The lowest BCUT2D eigenvalue weighted by molar-refractivity contribution is -0.136. The Morgan fingerprint density at radius 3 is 2.33 bits per heavy atom. The topological polar surface area (TPSA) is 69.6 Å². The first-order valence-electron chi connectivity index (χ1n) is 8.55. The van der Waals surface area contributed by atoms with E-state index in [1.165, 1.54) is 0 Å². The summed E-state index contributed by atoms with van der Waals surface area (Å²) in [5.41, 5.74) is 0.462. The van der Waals surface area contributed by atoms with Crippen molar-refractivity contribution in [3.63, 3.8) is 0 Å². The highest BCUT2D eigenvalue weighted by Crippen LogP contribution is 2.29. The molecule has 1 fully saturated rings. The van der Waals surface area contributed by atoms with Crippen LogP contribution in [-0.2, 0) is 10.4 Å². The molecular weight excluding hydrogens is 302 g/mol. The van der Waals surface area contributed by atoms with Gasteiger partial charge >= 0.3 is 5.97 Å². The Labute approximate surface area is 144 Å². The van der Waals surface area contributed by atoms with Gasteiger partial charge in [0.2, 0.25) is 0 Å². The maximum atomic E-state index is 10.3. The third-order valence-electron chi connectivity index (χ3n) is 3.94. The van der Waals surface area contributed by atoms with Crippen LogP contribution in [0.15, 0.2) is 54.6 Å². The van der Waals surface area contributed by atoms with Gasteiger partial charge in [-0.15, -0.1) is 0 Å². The van der Waals surface area contributed by atoms with Gasteiger partial charge in [0, 0.05) is 0 Å². The molecule has 0 amide bonds. The predicted molar refractivity (Wildman–Crippen MR) is 97.9 cm³/mol. The van der Waals surface area contributed by atoms with Gasteiger partial charge in [0.15, 0.2) is 0 Å². The van der Waals surface area contributed by atoms with E-state index >= 15 is 0 Å². The minimum atomic E-state index is -0.771. The summed E-state index contributed by atoms with van der Waals surface area (Å²) in [6.07, 6.45) is 11.3. The number of carbonyl (C=O) groups is 1. The van der Waals surface area contributed by atoms with E-state index in [-0.39, 0.29) is 6.42 Å². The summed E-state index contributed by atoms with van der Waals surface area (Å²) in [5, 5.41) is 21.8. The van der Waals surface area contributed by atoms with Gasteiger partial charge in [-0.1, -0.05) is 54.6 Å². The summed E-state index contributed by atoms with van der Waals surface area (Å²) in [5.74, 6) is -0.771. The Kier molecular flexibility index (Phi) is 9.73. The zero-order valence-electron chi connectivity index (χ0n) is 14.4. The zero-order chi connectivity index (χ0) is 17.7. The van der Waals surface area contributed by atoms with E-state index in [4.69, 9.17) is 5.11 Å². The largest absolute Gasteiger partial charge is 0.481 e. The molecule has 1 aliphatic rings. The molecule has 0 saturated carbocycles. The first-order chi connectivity index (χ1) is 11.6. The lowest BCUT2D eigenvalue weighted by Gasteiger charge is -2.32. The first kappa shape index (κ1) is 20.1. The lowest BCUT2D eigenvalue weighted by atomic mass is 9.85. The lowest BCUT2D eigenvalue weighted by Crippen LogP contribution is -2.39. The van der Waals surface area contributed by atoms with Gasteiger partial charge < -0.3 is 15.5 Å². The highest BCUT2D eigenvalue weighted by molar-refractivity contribution is 5.68. The number of allylic oxidation sites excluding steroid dienone is 3. The number of nitrogens with one attached hydrogen (secondary N) is 1. The second-order valence-corrected chi connectivity index (χ2v) is 5.86. The number of rotatable bonds is 6. The minimum absolute atomic E-state index is 0.135. The second-order valence-electron chi connectivity index (χ2n) is 5.86. The van der Waals surface area contributed by atoms with E-state index in [1.54, 1.807) is 6.08 Å². The normalized spacial score (nSPS) is 16.8. The van der Waals surface area contributed by atoms with Crippen molar-refractivity contribution in [2.45, 2.75) is 44.6 Å². The number of benzene rings is 1. The zero-order valence-corrected chi connectivity index (χ0v) is 14.4. The number of hydrogen-bond donors (Lipinski definition) is 3. The molecule has 4 nitrogen and oxygen atoms in total. The average molecular weight is 331 g/mol. The van der Waals surface area contributed by atoms with Crippen molar-refractivity contribution in [1.29, 1.82) is 0 Å². The molecule has 0 unspecified atom stereocenters. The predicted octanol–water partition coefficient (Wildman–Crippen LogP) is 3.63. The summed E-state index contributed by atoms with van der Waals surface area (Å²) in [7, 11) is 0. The van der Waals surface area contributed by atoms with Crippen molar-refractivity contribution in [2.24, 2.45) is 0 Å². The van der Waals surface area contributed by atoms with Crippen LogP contribution in [0.3, 0.4) is 0 Å². The summed E-state index contributed by atoms with van der Waals surface area (Å²) >= 11 is 0. The summed E-state index contributed by atoms with van der Waals surface area (Å²) < 4.78 is 0. The molecule has 0 bridgehead atoms. The van der Waals surface area contributed by atoms with Crippen molar-refractivity contribution in [2.75, 3.05) is 13.1 Å². The molecule has 1 aromatic rings. The van der Waals surface area contributed by atoms with Crippen molar-refractivity contribution in [3.05, 3.63) is 60.2 Å². The van der Waals surface area contributed by atoms with Gasteiger partial charge in [0.1, 0.15) is 0 Å². The van der Waals surface area contributed by atoms with Crippen molar-refractivity contribution >= 4 is 5.97 Å². The van der Waals surface area contributed by atoms with Crippen LogP contribution in [0.1, 0.15) is 44.6 Å². The summed E-state index contributed by atoms with van der Waals surface area (Å²) in [6, 6.07) is 9.95. The molecule has 1 aromatic carbocycles. The molecule has 1 heterocycles. The summed E-state index contributed by atoms with van der Waals surface area (Å²) in [6.45, 7) is 3.79. The Morgan fingerprint density at radius 2 is 1.75 bits per heavy atom. The van der Waals surface area contributed by atoms with Crippen LogP contribution in [0.5, 0.6) is 0 Å². The Morgan fingerprint density at radius 1 is 1.12 bits per heavy atom. The van der Waals surface area contributed by atoms with Crippen LogP contribution in [0, 0.1) is 0 Å². The van der Waals surface area contributed by atoms with Crippen molar-refractivity contribution in [1.82, 2.24) is 5.32 Å². The number of unbranched alkanes of at least 4 members (excludes halogenated alkanes) is 1. The van der Waals surface area contributed by atoms with Gasteiger partial charge in [-0.3, -0.25) is 4.79 Å². The Hall–Kier alpha value is -1.91. The smallest absolute Gasteiger partial charge is 0.307 e. The molecule has 24 heavy (non-hydrogen) atoms. The van der Waals surface area contributed by atoms with Crippen molar-refractivity contribution in [3.8, 4) is 0 Å². The Balaban J connectivity index is 0.000000245. The third kappa shape index (κ3) is 8.09. The molecule has 0 aliphatic carbocycles. The molecule has 0 spiro atoms. The molecular formula is C20H29NO3. The molecule has 4 heteroatoms. The van der Waals surface area contributed by atoms with Gasteiger partial charge in [0.25, 0.3) is 0 Å². The fourth-order valence-electron chi connectivity index (χ4n) is 2.54. The van der Waals surface area contributed by atoms with E-state index in [0.29, 0.717) is 0 Å². The fourth-order valence-corrected chi connectivity index (χ4v) is 2.54. The third-order valence-corrected chi connectivity index (χ3v) is 3.94. The highest BCUT2D eigenvalue weighted by atomic mass is 16.4. The van der Waals surface area contributed by atoms with Crippen LogP contribution >= 0.6 is 0 Å². The van der Waals surface area contributed by atoms with E-state index in [9.17, 15) is 9.90 Å². The number of hydrogen-bond acceptors (Lipinski definition) is 3. The van der Waals surface area contributed by atoms with Crippen LogP contribution in [-0.4, -0.2) is 29.3 Å². The maximum absolute atomic E-state index is 10.3. The standard InChI is InChI=1S/C11H15NO.C9H14O2/c13-11(6-8-12-9-7-11)10-4-2-1-3-5-10;1-2-3-4-5-6-7-8-9(10)11/h1-5,12-13H,6-9H2;2-3,6-7H,4-5,8H2,1H3,(H,10,11)/b;3-2-,7-6+. The molecule has 1 aliphatic heterocycles. The first-order valence-corrected chi connectivity index (χ1v) is 8.55. The van der Waals surface area contributed by atoms with Gasteiger partial charge in [-0.05, 0) is 51.3 Å². The average Bonchev–Trinajstić information content (AvgIpc) is 2.60. The molecule has 2 rings (SSSR count). The van der Waals surface area contributed by atoms with E-state index in [2.05, 4.69) is 11.4 Å². The number of piperidine rings is 1. The van der Waals surface area contributed by atoms with Crippen LogP contribution < -0.4 is 5.32 Å². The molecule has 0 radical (unpaired) electrons. The van der Waals surface area contributed by atoms with Crippen LogP contribution in [0.4, 0.5) is 0 Å². The molecule has 3 N–H and O–H groups in total. The van der Waals surface area contributed by atoms with Crippen molar-refractivity contribution < 1.29 is 15.0 Å². The van der Waals surface area contributed by atoms with E-state index in [0.717, 1.165) is 44.3 Å². The number of carboxylic acid groups (broad SMARTS) is 1. The Bertz CT molecular complexity index is 517. The molecule has 0 aromatic heterocycles. The van der Waals surface area contributed by atoms with Crippen LogP contribution in [0.2, 0.25) is 0 Å².